The number of fused-ring (bicyclic) bond motifs is 1. The zero-order valence-corrected chi connectivity index (χ0v) is 11.1. The lowest BCUT2D eigenvalue weighted by Gasteiger charge is -2.19. The van der Waals surface area contributed by atoms with Crippen molar-refractivity contribution in [1.29, 1.82) is 0 Å². The van der Waals surface area contributed by atoms with Gasteiger partial charge in [-0.25, -0.2) is 4.68 Å². The van der Waals surface area contributed by atoms with Gasteiger partial charge in [0.15, 0.2) is 0 Å². The Labute approximate surface area is 106 Å². The molecule has 0 saturated carbocycles. The van der Waals surface area contributed by atoms with Crippen molar-refractivity contribution >= 4 is 0 Å². The topological polar surface area (TPSA) is 37.8 Å². The van der Waals surface area contributed by atoms with E-state index in [1.807, 2.05) is 13.0 Å². The van der Waals surface area contributed by atoms with E-state index in [0.29, 0.717) is 0 Å². The molecule has 3 heteroatoms. The average molecular weight is 242 g/mol. The summed E-state index contributed by atoms with van der Waals surface area (Å²) in [7, 11) is 0. The molecule has 0 aliphatic heterocycles. The van der Waals surface area contributed by atoms with Gasteiger partial charge in [0.1, 0.15) is 0 Å². The van der Waals surface area contributed by atoms with Crippen LogP contribution in [0.1, 0.15) is 37.1 Å². The summed E-state index contributed by atoms with van der Waals surface area (Å²) in [6.45, 7) is 6.44. The van der Waals surface area contributed by atoms with Crippen molar-refractivity contribution in [2.75, 3.05) is 0 Å². The summed E-state index contributed by atoms with van der Waals surface area (Å²) < 4.78 is 1.62. The maximum Gasteiger partial charge on any atom is 0.271 e. The molecule has 1 N–H and O–H groups in total. The molecule has 0 bridgehead atoms. The number of aryl methyl sites for hydroxylation is 2. The molecule has 0 spiro atoms. The average Bonchev–Trinajstić information content (AvgIpc) is 2.79. The van der Waals surface area contributed by atoms with Crippen LogP contribution in [0.2, 0.25) is 0 Å². The molecule has 0 radical (unpaired) electrons. The van der Waals surface area contributed by atoms with E-state index in [4.69, 9.17) is 0 Å². The number of aromatic nitrogens is 2. The predicted molar refractivity (Wildman–Crippen MR) is 72.5 cm³/mol. The summed E-state index contributed by atoms with van der Waals surface area (Å²) in [6, 6.07) is 7.96. The zero-order chi connectivity index (χ0) is 12.9. The number of H-pyrrole nitrogens is 1. The smallest absolute Gasteiger partial charge is 0.271 e. The van der Waals surface area contributed by atoms with Crippen LogP contribution in [-0.2, 0) is 11.8 Å². The van der Waals surface area contributed by atoms with E-state index < -0.39 is 0 Å². The fraction of sp³-hybridized carbons (Fsp3) is 0.400. The fourth-order valence-electron chi connectivity index (χ4n) is 2.84. The second-order valence-electron chi connectivity index (χ2n) is 5.84. The molecule has 3 rings (SSSR count). The second-order valence-corrected chi connectivity index (χ2v) is 5.84. The van der Waals surface area contributed by atoms with Crippen LogP contribution < -0.4 is 5.56 Å². The van der Waals surface area contributed by atoms with Gasteiger partial charge in [0, 0.05) is 11.8 Å². The molecular weight excluding hydrogens is 224 g/mol. The number of hydrogen-bond donors (Lipinski definition) is 1. The number of benzene rings is 1. The number of nitrogens with one attached hydrogen (secondary N) is 1. The van der Waals surface area contributed by atoms with E-state index in [1.165, 1.54) is 17.5 Å². The molecule has 1 heterocycles. The molecule has 1 aromatic heterocycles. The zero-order valence-electron chi connectivity index (χ0n) is 11.1. The Morgan fingerprint density at radius 1 is 1.28 bits per heavy atom. The summed E-state index contributed by atoms with van der Waals surface area (Å²) in [6.07, 6.45) is 2.33. The first-order chi connectivity index (χ1) is 8.47. The van der Waals surface area contributed by atoms with Crippen molar-refractivity contribution in [3.63, 3.8) is 0 Å². The van der Waals surface area contributed by atoms with Crippen molar-refractivity contribution in [3.8, 4) is 5.69 Å². The fourth-order valence-corrected chi connectivity index (χ4v) is 2.84. The summed E-state index contributed by atoms with van der Waals surface area (Å²) in [4.78, 5) is 11.8. The van der Waals surface area contributed by atoms with E-state index in [0.717, 1.165) is 17.8 Å². The van der Waals surface area contributed by atoms with Crippen molar-refractivity contribution < 1.29 is 0 Å². The summed E-state index contributed by atoms with van der Waals surface area (Å²) in [5, 5.41) is 3.08. The van der Waals surface area contributed by atoms with E-state index in [-0.39, 0.29) is 11.0 Å². The van der Waals surface area contributed by atoms with Gasteiger partial charge in [0.2, 0.25) is 0 Å². The van der Waals surface area contributed by atoms with Gasteiger partial charge in [0.05, 0.1) is 5.69 Å². The van der Waals surface area contributed by atoms with E-state index in [2.05, 4.69) is 31.1 Å². The lowest BCUT2D eigenvalue weighted by Crippen LogP contribution is -2.16. The molecule has 0 unspecified atom stereocenters. The Morgan fingerprint density at radius 3 is 2.72 bits per heavy atom. The van der Waals surface area contributed by atoms with Gasteiger partial charge in [-0.3, -0.25) is 9.89 Å². The van der Waals surface area contributed by atoms with Crippen LogP contribution in [0.4, 0.5) is 0 Å². The molecule has 94 valence electrons. The van der Waals surface area contributed by atoms with Crippen LogP contribution in [-0.4, -0.2) is 9.78 Å². The lowest BCUT2D eigenvalue weighted by atomic mass is 9.86. The summed E-state index contributed by atoms with van der Waals surface area (Å²) in [5.74, 6) is 0. The van der Waals surface area contributed by atoms with Crippen LogP contribution in [0, 0.1) is 6.92 Å². The van der Waals surface area contributed by atoms with Gasteiger partial charge >= 0.3 is 0 Å². The van der Waals surface area contributed by atoms with Crippen LogP contribution in [0.15, 0.2) is 29.1 Å². The molecule has 0 atom stereocenters. The van der Waals surface area contributed by atoms with Crippen LogP contribution in [0.5, 0.6) is 0 Å². The standard InChI is InChI=1S/C15H18N2O/c1-10-8-14(18)17(16-10)12-5-4-11-6-7-15(2,3)13(11)9-12/h4-5,8-9,16H,6-7H2,1-3H3. The highest BCUT2D eigenvalue weighted by Crippen LogP contribution is 2.38. The van der Waals surface area contributed by atoms with Crippen molar-refractivity contribution in [1.82, 2.24) is 9.78 Å². The van der Waals surface area contributed by atoms with Crippen molar-refractivity contribution in [3.05, 3.63) is 51.4 Å². The third kappa shape index (κ3) is 1.62. The number of aromatic amines is 1. The molecule has 0 fully saturated rings. The van der Waals surface area contributed by atoms with Gasteiger partial charge < -0.3 is 0 Å². The first kappa shape index (κ1) is 11.3. The Hall–Kier alpha value is -1.77. The Morgan fingerprint density at radius 2 is 2.06 bits per heavy atom. The molecule has 1 aliphatic carbocycles. The summed E-state index contributed by atoms with van der Waals surface area (Å²) in [5.41, 5.74) is 4.83. The first-order valence-corrected chi connectivity index (χ1v) is 6.40. The van der Waals surface area contributed by atoms with Crippen molar-refractivity contribution in [2.45, 2.75) is 39.0 Å². The monoisotopic (exact) mass is 242 g/mol. The van der Waals surface area contributed by atoms with Gasteiger partial charge in [-0.05, 0) is 48.4 Å². The minimum absolute atomic E-state index is 0.00301. The molecule has 0 amide bonds. The van der Waals surface area contributed by atoms with E-state index >= 15 is 0 Å². The van der Waals surface area contributed by atoms with Crippen LogP contribution in [0.3, 0.4) is 0 Å². The third-order valence-corrected chi connectivity index (χ3v) is 3.95. The number of rotatable bonds is 1. The Balaban J connectivity index is 2.16. The van der Waals surface area contributed by atoms with Crippen LogP contribution >= 0.6 is 0 Å². The maximum absolute atomic E-state index is 11.8. The minimum atomic E-state index is 0.00301. The van der Waals surface area contributed by atoms with Crippen molar-refractivity contribution in [2.24, 2.45) is 0 Å². The highest BCUT2D eigenvalue weighted by atomic mass is 16.1. The second kappa shape index (κ2) is 3.61. The normalized spacial score (nSPS) is 16.8. The lowest BCUT2D eigenvalue weighted by molar-refractivity contribution is 0.522. The van der Waals surface area contributed by atoms with Gasteiger partial charge in [-0.15, -0.1) is 0 Å². The third-order valence-electron chi connectivity index (χ3n) is 3.95. The quantitative estimate of drug-likeness (QED) is 0.820. The molecule has 3 nitrogen and oxygen atoms in total. The van der Waals surface area contributed by atoms with Gasteiger partial charge in [-0.1, -0.05) is 19.9 Å². The number of hydrogen-bond acceptors (Lipinski definition) is 1. The molecule has 0 saturated heterocycles. The highest BCUT2D eigenvalue weighted by molar-refractivity contribution is 5.46. The minimum Gasteiger partial charge on any atom is -0.295 e. The predicted octanol–water partition coefficient (Wildman–Crippen LogP) is 2.70. The largest absolute Gasteiger partial charge is 0.295 e. The van der Waals surface area contributed by atoms with Crippen LogP contribution in [0.25, 0.3) is 5.69 Å². The molecule has 18 heavy (non-hydrogen) atoms. The summed E-state index contributed by atoms with van der Waals surface area (Å²) >= 11 is 0. The Kier molecular flexibility index (Phi) is 2.27. The van der Waals surface area contributed by atoms with E-state index in [9.17, 15) is 4.79 Å². The maximum atomic E-state index is 11.8. The van der Waals surface area contributed by atoms with E-state index in [1.54, 1.807) is 10.7 Å². The SMILES string of the molecule is Cc1cc(=O)n(-c2ccc3c(c2)C(C)(C)CC3)[nH]1. The molecule has 1 aromatic carbocycles. The molecular formula is C15H18N2O. The number of nitrogens with zero attached hydrogens (tertiary/aromatic N) is 1. The Bertz CT molecular complexity index is 661. The van der Waals surface area contributed by atoms with Gasteiger partial charge in [-0.2, -0.15) is 0 Å². The van der Waals surface area contributed by atoms with Gasteiger partial charge in [0.25, 0.3) is 5.56 Å². The first-order valence-electron chi connectivity index (χ1n) is 6.40. The molecule has 2 aromatic rings. The molecule has 1 aliphatic rings. The highest BCUT2D eigenvalue weighted by Gasteiger charge is 2.29.